The number of halogens is 1. The van der Waals surface area contributed by atoms with Crippen LogP contribution in [0.25, 0.3) is 22.3 Å². The molecule has 2 aromatic heterocycles. The van der Waals surface area contributed by atoms with Gasteiger partial charge in [-0.25, -0.2) is 14.4 Å². The Labute approximate surface area is 280 Å². The summed E-state index contributed by atoms with van der Waals surface area (Å²) in [4.78, 5) is 66.2. The van der Waals surface area contributed by atoms with E-state index >= 15 is 0 Å². The van der Waals surface area contributed by atoms with Crippen LogP contribution >= 0.6 is 0 Å². The lowest BCUT2D eigenvalue weighted by molar-refractivity contribution is -0.143. The standard InChI is InChI=1S/C33H40FN7O8/c1-16(43)33(48)40-7-5-19(6-8-40)37-32(47)21-13-36-29-27(20-11-22(34)24(44)12-25(20)49-15-17-2-3-17)38-31(39-28(21)29)18-4-9-41(26(45)14-42)23(10-18)30(35)46/h11-13,16-19,23,36,42-44H,2-10,14-15H2,1H3,(H2,35,46)(H,37,47)/t16-,18?,23?/m0/s1. The van der Waals surface area contributed by atoms with E-state index in [1.54, 1.807) is 4.90 Å². The Bertz CT molecular complexity index is 1770. The molecule has 15 nitrogen and oxygen atoms in total. The van der Waals surface area contributed by atoms with Gasteiger partial charge in [-0.2, -0.15) is 0 Å². The number of H-pyrrole nitrogens is 1. The first kappa shape index (κ1) is 34.0. The number of fused-ring (bicyclic) bond motifs is 1. The van der Waals surface area contributed by atoms with E-state index in [0.29, 0.717) is 50.4 Å². The van der Waals surface area contributed by atoms with Crippen LogP contribution < -0.4 is 15.8 Å². The number of benzene rings is 1. The zero-order valence-corrected chi connectivity index (χ0v) is 27.0. The number of aliphatic hydroxyl groups is 2. The molecule has 0 spiro atoms. The van der Waals surface area contributed by atoms with Crippen LogP contribution in [0.1, 0.15) is 67.5 Å². The molecular weight excluding hydrogens is 641 g/mol. The Balaban J connectivity index is 1.37. The molecule has 49 heavy (non-hydrogen) atoms. The SMILES string of the molecule is C[C@H](O)C(=O)N1CCC(NC(=O)c2c[nH]c3c(-c4cc(F)c(O)cc4OCC4CC4)nc(C4CCN(C(=O)CO)C(C(N)=O)C4)nc23)CC1. The minimum Gasteiger partial charge on any atom is -0.505 e. The maximum absolute atomic E-state index is 14.9. The second-order valence-electron chi connectivity index (χ2n) is 13.0. The van der Waals surface area contributed by atoms with Crippen LogP contribution in [0.3, 0.4) is 0 Å². The van der Waals surface area contributed by atoms with Crippen molar-refractivity contribution in [3.8, 4) is 22.8 Å². The highest BCUT2D eigenvalue weighted by Crippen LogP contribution is 2.41. The van der Waals surface area contributed by atoms with Crippen molar-refractivity contribution in [1.29, 1.82) is 0 Å². The third-order valence-corrected chi connectivity index (χ3v) is 9.51. The van der Waals surface area contributed by atoms with E-state index in [-0.39, 0.29) is 58.8 Å². The lowest BCUT2D eigenvalue weighted by Gasteiger charge is -2.37. The van der Waals surface area contributed by atoms with Gasteiger partial charge in [0.1, 0.15) is 41.5 Å². The van der Waals surface area contributed by atoms with Gasteiger partial charge in [0.2, 0.25) is 11.8 Å². The Kier molecular flexibility index (Phi) is 9.70. The molecule has 262 valence electrons. The Hall–Kier alpha value is -4.83. The molecule has 3 aromatic rings. The normalized spacial score (nSPS) is 20.7. The van der Waals surface area contributed by atoms with Gasteiger partial charge in [0.25, 0.3) is 11.8 Å². The zero-order chi connectivity index (χ0) is 35.0. The molecule has 2 saturated heterocycles. The van der Waals surface area contributed by atoms with Crippen LogP contribution in [-0.2, 0) is 14.4 Å². The quantitative estimate of drug-likeness (QED) is 0.177. The van der Waals surface area contributed by atoms with Gasteiger partial charge in [0.15, 0.2) is 11.6 Å². The number of rotatable bonds is 10. The molecule has 4 amide bonds. The van der Waals surface area contributed by atoms with Gasteiger partial charge in [-0.1, -0.05) is 0 Å². The third kappa shape index (κ3) is 7.15. The third-order valence-electron chi connectivity index (χ3n) is 9.51. The van der Waals surface area contributed by atoms with Gasteiger partial charge in [0, 0.05) is 49.4 Å². The number of hydrogen-bond donors (Lipinski definition) is 6. The van der Waals surface area contributed by atoms with E-state index in [0.717, 1.165) is 18.9 Å². The van der Waals surface area contributed by atoms with Crippen LogP contribution in [0.2, 0.25) is 0 Å². The molecule has 1 aliphatic carbocycles. The molecule has 16 heteroatoms. The van der Waals surface area contributed by atoms with Crippen molar-refractivity contribution in [1.82, 2.24) is 30.1 Å². The number of nitrogens with zero attached hydrogens (tertiary/aromatic N) is 4. The number of nitrogens with one attached hydrogen (secondary N) is 2. The predicted octanol–water partition coefficient (Wildman–Crippen LogP) is 0.912. The summed E-state index contributed by atoms with van der Waals surface area (Å²) in [5, 5.41) is 32.3. The van der Waals surface area contributed by atoms with E-state index in [1.165, 1.54) is 24.1 Å². The molecule has 3 fully saturated rings. The zero-order valence-electron chi connectivity index (χ0n) is 27.0. The molecule has 7 N–H and O–H groups in total. The fraction of sp³-hybridized carbons (Fsp3) is 0.515. The molecule has 3 atom stereocenters. The summed E-state index contributed by atoms with van der Waals surface area (Å²) in [5.41, 5.74) is 6.81. The first-order valence-electron chi connectivity index (χ1n) is 16.5. The number of phenols is 1. The Morgan fingerprint density at radius 3 is 2.51 bits per heavy atom. The number of ether oxygens (including phenoxy) is 1. The summed E-state index contributed by atoms with van der Waals surface area (Å²) in [6, 6.07) is 1.01. The van der Waals surface area contributed by atoms with Gasteiger partial charge in [-0.05, 0) is 57.4 Å². The average molecular weight is 682 g/mol. The van der Waals surface area contributed by atoms with Crippen molar-refractivity contribution in [2.75, 3.05) is 32.8 Å². The van der Waals surface area contributed by atoms with E-state index in [1.807, 2.05) is 0 Å². The van der Waals surface area contributed by atoms with Crippen LogP contribution in [0.5, 0.6) is 11.5 Å². The number of carbonyl (C=O) groups excluding carboxylic acids is 4. The number of aromatic nitrogens is 3. The molecular formula is C33H40FN7O8. The lowest BCUT2D eigenvalue weighted by Crippen LogP contribution is -2.52. The number of phenolic OH excluding ortho intramolecular Hbond substituents is 1. The van der Waals surface area contributed by atoms with Gasteiger partial charge < -0.3 is 45.9 Å². The number of nitrogens with two attached hydrogens (primary N) is 1. The molecule has 0 radical (unpaired) electrons. The highest BCUT2D eigenvalue weighted by molar-refractivity contribution is 6.08. The second kappa shape index (κ2) is 14.0. The Morgan fingerprint density at radius 2 is 1.86 bits per heavy atom. The smallest absolute Gasteiger partial charge is 0.255 e. The molecule has 1 saturated carbocycles. The summed E-state index contributed by atoms with van der Waals surface area (Å²) in [7, 11) is 0. The van der Waals surface area contributed by atoms with E-state index in [4.69, 9.17) is 20.4 Å². The molecule has 1 aromatic carbocycles. The number of amides is 4. The highest BCUT2D eigenvalue weighted by atomic mass is 19.1. The first-order chi connectivity index (χ1) is 23.4. The fourth-order valence-corrected chi connectivity index (χ4v) is 6.54. The van der Waals surface area contributed by atoms with Crippen molar-refractivity contribution in [2.45, 2.75) is 69.6 Å². The predicted molar refractivity (Wildman–Crippen MR) is 172 cm³/mol. The number of aromatic hydroxyl groups is 1. The van der Waals surface area contributed by atoms with Gasteiger partial charge in [0.05, 0.1) is 17.7 Å². The monoisotopic (exact) mass is 681 g/mol. The number of likely N-dealkylation sites (tertiary alicyclic amines) is 2. The van der Waals surface area contributed by atoms with Crippen LogP contribution in [-0.4, -0.2) is 115 Å². The summed E-state index contributed by atoms with van der Waals surface area (Å²) in [6.07, 6.45) is 3.68. The van der Waals surface area contributed by atoms with Crippen molar-refractivity contribution in [3.05, 3.63) is 35.5 Å². The summed E-state index contributed by atoms with van der Waals surface area (Å²) in [6.45, 7) is 1.82. The largest absolute Gasteiger partial charge is 0.505 e. The summed E-state index contributed by atoms with van der Waals surface area (Å²) >= 11 is 0. The maximum atomic E-state index is 14.9. The van der Waals surface area contributed by atoms with E-state index in [2.05, 4.69) is 10.3 Å². The van der Waals surface area contributed by atoms with Gasteiger partial charge >= 0.3 is 0 Å². The van der Waals surface area contributed by atoms with E-state index in [9.17, 15) is 38.9 Å². The van der Waals surface area contributed by atoms with Crippen LogP contribution in [0, 0.1) is 11.7 Å². The van der Waals surface area contributed by atoms with Crippen LogP contribution in [0.15, 0.2) is 18.3 Å². The fourth-order valence-electron chi connectivity index (χ4n) is 6.54. The van der Waals surface area contributed by atoms with Crippen LogP contribution in [0.4, 0.5) is 4.39 Å². The minimum absolute atomic E-state index is 0.0523. The van der Waals surface area contributed by atoms with Crippen molar-refractivity contribution in [3.63, 3.8) is 0 Å². The molecule has 2 unspecified atom stereocenters. The second-order valence-corrected chi connectivity index (χ2v) is 13.0. The van der Waals surface area contributed by atoms with Gasteiger partial charge in [-0.15, -0.1) is 0 Å². The number of aromatic amines is 1. The average Bonchev–Trinajstić information content (AvgIpc) is 3.83. The first-order valence-corrected chi connectivity index (χ1v) is 16.5. The van der Waals surface area contributed by atoms with Gasteiger partial charge in [-0.3, -0.25) is 19.2 Å². The van der Waals surface area contributed by atoms with E-state index < -0.39 is 54.0 Å². The topological polar surface area (TPSA) is 224 Å². The molecule has 2 aliphatic heterocycles. The molecule has 0 bridgehead atoms. The molecule has 4 heterocycles. The number of hydrogen-bond acceptors (Lipinski definition) is 10. The number of piperidine rings is 2. The maximum Gasteiger partial charge on any atom is 0.255 e. The minimum atomic E-state index is -1.11. The summed E-state index contributed by atoms with van der Waals surface area (Å²) in [5.74, 6) is -3.46. The highest BCUT2D eigenvalue weighted by Gasteiger charge is 2.37. The van der Waals surface area contributed by atoms with Crippen molar-refractivity contribution in [2.24, 2.45) is 11.7 Å². The van der Waals surface area contributed by atoms with Crippen molar-refractivity contribution >= 4 is 34.7 Å². The summed E-state index contributed by atoms with van der Waals surface area (Å²) < 4.78 is 21.0. The number of carbonyl (C=O) groups is 4. The molecule has 3 aliphatic rings. The lowest BCUT2D eigenvalue weighted by atomic mass is 9.89. The number of aliphatic hydroxyl groups excluding tert-OH is 2. The number of primary amides is 1. The molecule has 6 rings (SSSR count). The Morgan fingerprint density at radius 1 is 1.12 bits per heavy atom. The van der Waals surface area contributed by atoms with Crippen molar-refractivity contribution < 1.29 is 43.6 Å².